The van der Waals surface area contributed by atoms with E-state index >= 15 is 0 Å². The van der Waals surface area contributed by atoms with Crippen LogP contribution in [0.1, 0.15) is 11.3 Å². The summed E-state index contributed by atoms with van der Waals surface area (Å²) >= 11 is 0. The van der Waals surface area contributed by atoms with E-state index in [1.165, 1.54) is 18.2 Å². The third-order valence-electron chi connectivity index (χ3n) is 2.69. The number of aliphatic imine (C=N–C) groups is 1. The van der Waals surface area contributed by atoms with Gasteiger partial charge in [0.05, 0.1) is 12.2 Å². The first kappa shape index (κ1) is 14.0. The topological polar surface area (TPSA) is 77.7 Å². The number of phenolic OH excluding ortho intramolecular Hbond substituents is 2. The summed E-state index contributed by atoms with van der Waals surface area (Å²) in [6, 6.07) is 10.1. The van der Waals surface area contributed by atoms with Crippen LogP contribution in [0.2, 0.25) is 0 Å². The zero-order valence-corrected chi connectivity index (χ0v) is 11.0. The standard InChI is InChI=1S/C15H17N3O2/c19-14-4-5-15(20)12(9-14)10-16-7-8-17-11-13-3-1-2-6-18-13/h1-6,9-10,17,19-20H,7-8,11H2. The first-order chi connectivity index (χ1) is 9.75. The van der Waals surface area contributed by atoms with Crippen LogP contribution >= 0.6 is 0 Å². The van der Waals surface area contributed by atoms with E-state index in [0.717, 1.165) is 5.69 Å². The van der Waals surface area contributed by atoms with Gasteiger partial charge in [-0.1, -0.05) is 6.07 Å². The Morgan fingerprint density at radius 1 is 1.20 bits per heavy atom. The Hall–Kier alpha value is -2.40. The molecule has 5 nitrogen and oxygen atoms in total. The van der Waals surface area contributed by atoms with E-state index in [-0.39, 0.29) is 11.5 Å². The fourth-order valence-corrected chi connectivity index (χ4v) is 1.67. The van der Waals surface area contributed by atoms with Gasteiger partial charge in [-0.15, -0.1) is 0 Å². The van der Waals surface area contributed by atoms with Gasteiger partial charge in [-0.05, 0) is 30.3 Å². The molecule has 0 saturated heterocycles. The average molecular weight is 271 g/mol. The van der Waals surface area contributed by atoms with Crippen molar-refractivity contribution in [3.63, 3.8) is 0 Å². The van der Waals surface area contributed by atoms with Gasteiger partial charge >= 0.3 is 0 Å². The Morgan fingerprint density at radius 2 is 2.10 bits per heavy atom. The van der Waals surface area contributed by atoms with Crippen LogP contribution in [0, 0.1) is 0 Å². The number of hydrogen-bond donors (Lipinski definition) is 3. The zero-order chi connectivity index (χ0) is 14.2. The van der Waals surface area contributed by atoms with Gasteiger partial charge in [0.1, 0.15) is 11.5 Å². The summed E-state index contributed by atoms with van der Waals surface area (Å²) in [5.74, 6) is 0.213. The molecule has 0 aliphatic heterocycles. The van der Waals surface area contributed by atoms with Gasteiger partial charge < -0.3 is 15.5 Å². The lowest BCUT2D eigenvalue weighted by atomic mass is 10.2. The Bertz CT molecular complexity index is 571. The highest BCUT2D eigenvalue weighted by Crippen LogP contribution is 2.19. The van der Waals surface area contributed by atoms with Crippen LogP contribution in [0.25, 0.3) is 0 Å². The summed E-state index contributed by atoms with van der Waals surface area (Å²) in [5, 5.41) is 22.1. The lowest BCUT2D eigenvalue weighted by Gasteiger charge is -2.02. The van der Waals surface area contributed by atoms with Crippen LogP contribution in [0.3, 0.4) is 0 Å². The Balaban J connectivity index is 1.73. The maximum absolute atomic E-state index is 9.56. The number of pyridine rings is 1. The second-order valence-corrected chi connectivity index (χ2v) is 4.28. The van der Waals surface area contributed by atoms with Crippen LogP contribution in [0.15, 0.2) is 47.6 Å². The van der Waals surface area contributed by atoms with Crippen molar-refractivity contribution in [3.8, 4) is 11.5 Å². The molecule has 0 aliphatic carbocycles. The number of phenols is 2. The van der Waals surface area contributed by atoms with Crippen LogP contribution in [0.5, 0.6) is 11.5 Å². The van der Waals surface area contributed by atoms with Gasteiger partial charge in [-0.25, -0.2) is 0 Å². The smallest absolute Gasteiger partial charge is 0.124 e. The highest BCUT2D eigenvalue weighted by atomic mass is 16.3. The summed E-state index contributed by atoms with van der Waals surface area (Å²) in [7, 11) is 0. The summed E-state index contributed by atoms with van der Waals surface area (Å²) in [6.45, 7) is 2.00. The highest BCUT2D eigenvalue weighted by Gasteiger charge is 1.98. The number of benzene rings is 1. The highest BCUT2D eigenvalue weighted by molar-refractivity contribution is 5.83. The largest absolute Gasteiger partial charge is 0.508 e. The summed E-state index contributed by atoms with van der Waals surface area (Å²) < 4.78 is 0. The molecule has 0 amide bonds. The quantitative estimate of drug-likeness (QED) is 0.424. The molecule has 0 saturated carbocycles. The van der Waals surface area contributed by atoms with E-state index in [2.05, 4.69) is 15.3 Å². The van der Waals surface area contributed by atoms with Gasteiger partial charge in [0, 0.05) is 31.1 Å². The number of hydrogen-bond acceptors (Lipinski definition) is 5. The van der Waals surface area contributed by atoms with Crippen LogP contribution in [-0.2, 0) is 6.54 Å². The van der Waals surface area contributed by atoms with Gasteiger partial charge in [-0.3, -0.25) is 9.98 Å². The second kappa shape index (κ2) is 7.25. The lowest BCUT2D eigenvalue weighted by molar-refractivity contribution is 0.459. The maximum Gasteiger partial charge on any atom is 0.124 e. The molecule has 0 radical (unpaired) electrons. The van der Waals surface area contributed by atoms with Gasteiger partial charge in [0.25, 0.3) is 0 Å². The van der Waals surface area contributed by atoms with Crippen molar-refractivity contribution in [2.75, 3.05) is 13.1 Å². The van der Waals surface area contributed by atoms with Crippen LogP contribution < -0.4 is 5.32 Å². The molecule has 1 heterocycles. The molecule has 3 N–H and O–H groups in total. The van der Waals surface area contributed by atoms with Crippen molar-refractivity contribution in [1.29, 1.82) is 0 Å². The van der Waals surface area contributed by atoms with E-state index in [0.29, 0.717) is 25.2 Å². The molecular formula is C15H17N3O2. The molecule has 0 spiro atoms. The van der Waals surface area contributed by atoms with Crippen LogP contribution in [0.4, 0.5) is 0 Å². The van der Waals surface area contributed by atoms with Crippen molar-refractivity contribution in [1.82, 2.24) is 10.3 Å². The molecule has 0 aliphatic rings. The molecule has 0 fully saturated rings. The summed E-state index contributed by atoms with van der Waals surface area (Å²) in [6.07, 6.45) is 3.32. The van der Waals surface area contributed by atoms with Gasteiger partial charge in [0.2, 0.25) is 0 Å². The Kier molecular flexibility index (Phi) is 5.08. The Labute approximate surface area is 117 Å². The normalized spacial score (nSPS) is 11.0. The number of aromatic nitrogens is 1. The van der Waals surface area contributed by atoms with Crippen molar-refractivity contribution in [3.05, 3.63) is 53.9 Å². The predicted octanol–water partition coefficient (Wildman–Crippen LogP) is 1.70. The maximum atomic E-state index is 9.56. The third kappa shape index (κ3) is 4.37. The Morgan fingerprint density at radius 3 is 2.90 bits per heavy atom. The fraction of sp³-hybridized carbons (Fsp3) is 0.200. The number of rotatable bonds is 6. The number of nitrogens with zero attached hydrogens (tertiary/aromatic N) is 2. The summed E-state index contributed by atoms with van der Waals surface area (Å²) in [4.78, 5) is 8.40. The first-order valence-electron chi connectivity index (χ1n) is 6.38. The molecule has 0 atom stereocenters. The lowest BCUT2D eigenvalue weighted by Crippen LogP contribution is -2.17. The van der Waals surface area contributed by atoms with Crippen molar-refractivity contribution < 1.29 is 10.2 Å². The van der Waals surface area contributed by atoms with E-state index in [9.17, 15) is 10.2 Å². The number of nitrogens with one attached hydrogen (secondary N) is 1. The van der Waals surface area contributed by atoms with Crippen molar-refractivity contribution >= 4 is 6.21 Å². The molecule has 5 heteroatoms. The molecule has 1 aromatic heterocycles. The number of aromatic hydroxyl groups is 2. The van der Waals surface area contributed by atoms with Crippen LogP contribution in [-0.4, -0.2) is 34.5 Å². The van der Waals surface area contributed by atoms with Gasteiger partial charge in [-0.2, -0.15) is 0 Å². The molecule has 20 heavy (non-hydrogen) atoms. The minimum absolute atomic E-state index is 0.105. The first-order valence-corrected chi connectivity index (χ1v) is 6.38. The zero-order valence-electron chi connectivity index (χ0n) is 11.0. The third-order valence-corrected chi connectivity index (χ3v) is 2.69. The molecule has 1 aromatic carbocycles. The predicted molar refractivity (Wildman–Crippen MR) is 78.2 cm³/mol. The SMILES string of the molecule is Oc1ccc(O)c(C=NCCNCc2ccccn2)c1. The molecular weight excluding hydrogens is 254 g/mol. The monoisotopic (exact) mass is 271 g/mol. The average Bonchev–Trinajstić information content (AvgIpc) is 2.47. The minimum Gasteiger partial charge on any atom is -0.508 e. The molecule has 0 unspecified atom stereocenters. The van der Waals surface area contributed by atoms with E-state index in [4.69, 9.17) is 0 Å². The molecule has 0 bridgehead atoms. The van der Waals surface area contributed by atoms with Crippen molar-refractivity contribution in [2.24, 2.45) is 4.99 Å². The van der Waals surface area contributed by atoms with E-state index in [1.54, 1.807) is 12.4 Å². The second-order valence-electron chi connectivity index (χ2n) is 4.28. The fourth-order valence-electron chi connectivity index (χ4n) is 1.67. The van der Waals surface area contributed by atoms with Gasteiger partial charge in [0.15, 0.2) is 0 Å². The van der Waals surface area contributed by atoms with E-state index in [1.807, 2.05) is 18.2 Å². The van der Waals surface area contributed by atoms with E-state index < -0.39 is 0 Å². The molecule has 2 rings (SSSR count). The van der Waals surface area contributed by atoms with Crippen molar-refractivity contribution in [2.45, 2.75) is 6.54 Å². The molecule has 104 valence electrons. The molecule has 2 aromatic rings. The minimum atomic E-state index is 0.105. The summed E-state index contributed by atoms with van der Waals surface area (Å²) in [5.41, 5.74) is 1.50.